The molecular weight excluding hydrogens is 260 g/mol. The van der Waals surface area contributed by atoms with Gasteiger partial charge in [-0.2, -0.15) is 0 Å². The minimum Gasteiger partial charge on any atom is -0.454 e. The standard InChI is InChI=1S/C15H16O5/c1-7-12-9-5-8(14(17)18-9)3-4-11-15(2,20-11)6-10(12)19-13(7)16/h5,9-11H,3-4,6H2,1-2H3/t9-,10?,11-,15-/m1/s1. The van der Waals surface area contributed by atoms with E-state index in [0.29, 0.717) is 24.0 Å². The fraction of sp³-hybridized carbons (Fsp3) is 0.600. The molecule has 20 heavy (non-hydrogen) atoms. The van der Waals surface area contributed by atoms with Crippen LogP contribution in [0.1, 0.15) is 33.1 Å². The Balaban J connectivity index is 1.77. The lowest BCUT2D eigenvalue weighted by molar-refractivity contribution is -0.140. The minimum atomic E-state index is -0.451. The molecule has 106 valence electrons. The van der Waals surface area contributed by atoms with E-state index in [9.17, 15) is 9.59 Å². The number of carbonyl (C=O) groups excluding carboxylic acids is 2. The van der Waals surface area contributed by atoms with Crippen molar-refractivity contribution in [2.24, 2.45) is 0 Å². The van der Waals surface area contributed by atoms with Gasteiger partial charge < -0.3 is 14.2 Å². The highest BCUT2D eigenvalue weighted by Gasteiger charge is 2.56. The summed E-state index contributed by atoms with van der Waals surface area (Å²) in [5.41, 5.74) is 1.79. The summed E-state index contributed by atoms with van der Waals surface area (Å²) in [7, 11) is 0. The molecule has 0 aromatic carbocycles. The minimum absolute atomic E-state index is 0.134. The third-order valence-electron chi connectivity index (χ3n) is 4.79. The van der Waals surface area contributed by atoms with E-state index >= 15 is 0 Å². The van der Waals surface area contributed by atoms with Crippen LogP contribution in [0.3, 0.4) is 0 Å². The Kier molecular flexibility index (Phi) is 2.26. The van der Waals surface area contributed by atoms with Gasteiger partial charge in [-0.05, 0) is 32.8 Å². The van der Waals surface area contributed by atoms with Gasteiger partial charge in [-0.25, -0.2) is 9.59 Å². The van der Waals surface area contributed by atoms with Crippen LogP contribution in [0, 0.1) is 0 Å². The van der Waals surface area contributed by atoms with Crippen molar-refractivity contribution in [1.29, 1.82) is 0 Å². The van der Waals surface area contributed by atoms with Gasteiger partial charge in [-0.1, -0.05) is 0 Å². The lowest BCUT2D eigenvalue weighted by atomic mass is 9.88. The molecule has 0 spiro atoms. The number of carbonyl (C=O) groups is 2. The summed E-state index contributed by atoms with van der Waals surface area (Å²) in [4.78, 5) is 23.7. The molecule has 1 fully saturated rings. The Morgan fingerprint density at radius 2 is 2.05 bits per heavy atom. The molecule has 5 nitrogen and oxygen atoms in total. The van der Waals surface area contributed by atoms with Crippen molar-refractivity contribution in [2.75, 3.05) is 0 Å². The first-order chi connectivity index (χ1) is 9.48. The molecule has 3 aliphatic heterocycles. The molecule has 0 amide bonds. The van der Waals surface area contributed by atoms with Crippen LogP contribution in [-0.2, 0) is 23.8 Å². The number of hydrogen-bond acceptors (Lipinski definition) is 5. The van der Waals surface area contributed by atoms with Crippen molar-refractivity contribution in [1.82, 2.24) is 0 Å². The molecule has 0 N–H and O–H groups in total. The van der Waals surface area contributed by atoms with Gasteiger partial charge in [-0.15, -0.1) is 0 Å². The quantitative estimate of drug-likeness (QED) is 0.494. The molecule has 0 radical (unpaired) electrons. The van der Waals surface area contributed by atoms with Crippen molar-refractivity contribution in [3.63, 3.8) is 0 Å². The highest BCUT2D eigenvalue weighted by atomic mass is 16.6. The zero-order valence-electron chi connectivity index (χ0n) is 11.5. The molecule has 2 bridgehead atoms. The van der Waals surface area contributed by atoms with Crippen LogP contribution in [0.25, 0.3) is 0 Å². The van der Waals surface area contributed by atoms with Crippen molar-refractivity contribution < 1.29 is 23.8 Å². The van der Waals surface area contributed by atoms with E-state index in [-0.39, 0.29) is 29.7 Å². The van der Waals surface area contributed by atoms with Crippen molar-refractivity contribution in [3.05, 3.63) is 22.8 Å². The molecule has 0 saturated carbocycles. The first-order valence-electron chi connectivity index (χ1n) is 6.99. The van der Waals surface area contributed by atoms with Crippen LogP contribution in [0.15, 0.2) is 22.8 Å². The van der Waals surface area contributed by atoms with Crippen LogP contribution in [-0.4, -0.2) is 35.9 Å². The van der Waals surface area contributed by atoms with Gasteiger partial charge in [0.2, 0.25) is 0 Å². The maximum atomic E-state index is 11.9. The van der Waals surface area contributed by atoms with E-state index in [2.05, 4.69) is 0 Å². The van der Waals surface area contributed by atoms with Gasteiger partial charge in [0.25, 0.3) is 0 Å². The van der Waals surface area contributed by atoms with Gasteiger partial charge in [0.05, 0.1) is 11.7 Å². The topological polar surface area (TPSA) is 65.1 Å². The summed E-state index contributed by atoms with van der Waals surface area (Å²) in [5.74, 6) is -0.597. The third-order valence-corrected chi connectivity index (χ3v) is 4.79. The summed E-state index contributed by atoms with van der Waals surface area (Å²) in [5, 5.41) is 0. The Hall–Kier alpha value is -1.62. The van der Waals surface area contributed by atoms with Gasteiger partial charge >= 0.3 is 11.9 Å². The Labute approximate surface area is 116 Å². The highest BCUT2D eigenvalue weighted by molar-refractivity contribution is 5.94. The predicted molar refractivity (Wildman–Crippen MR) is 67.7 cm³/mol. The molecule has 5 heteroatoms. The number of esters is 2. The maximum Gasteiger partial charge on any atom is 0.334 e. The van der Waals surface area contributed by atoms with Crippen LogP contribution < -0.4 is 0 Å². The van der Waals surface area contributed by atoms with Crippen molar-refractivity contribution in [3.8, 4) is 0 Å². The number of fused-ring (bicyclic) bond motifs is 4. The first kappa shape index (κ1) is 12.1. The molecule has 1 unspecified atom stereocenters. The maximum absolute atomic E-state index is 11.9. The average Bonchev–Trinajstić information content (AvgIpc) is 2.74. The molecule has 0 aromatic rings. The SMILES string of the molecule is CC1=C2C(C[C@@]3(C)O[C@@H]3CCC3=C[C@H]2OC3=O)OC1=O. The van der Waals surface area contributed by atoms with Gasteiger partial charge in [0.1, 0.15) is 12.2 Å². The first-order valence-corrected chi connectivity index (χ1v) is 6.99. The summed E-state index contributed by atoms with van der Waals surface area (Å²) in [6.07, 6.45) is 3.28. The summed E-state index contributed by atoms with van der Waals surface area (Å²) < 4.78 is 16.6. The van der Waals surface area contributed by atoms with E-state index in [1.165, 1.54) is 0 Å². The average molecular weight is 276 g/mol. The Bertz CT molecular complexity index is 587. The van der Waals surface area contributed by atoms with E-state index in [4.69, 9.17) is 14.2 Å². The molecule has 4 atom stereocenters. The molecule has 1 saturated heterocycles. The summed E-state index contributed by atoms with van der Waals surface area (Å²) >= 11 is 0. The normalized spacial score (nSPS) is 42.5. The van der Waals surface area contributed by atoms with Crippen molar-refractivity contribution in [2.45, 2.75) is 57.0 Å². The number of rotatable bonds is 0. The lowest BCUT2D eigenvalue weighted by Crippen LogP contribution is -2.27. The van der Waals surface area contributed by atoms with Crippen LogP contribution >= 0.6 is 0 Å². The van der Waals surface area contributed by atoms with E-state index in [1.807, 2.05) is 13.0 Å². The smallest absolute Gasteiger partial charge is 0.334 e. The van der Waals surface area contributed by atoms with E-state index in [0.717, 1.165) is 12.0 Å². The fourth-order valence-corrected chi connectivity index (χ4v) is 3.49. The van der Waals surface area contributed by atoms with Crippen LogP contribution in [0.4, 0.5) is 0 Å². The molecule has 1 aliphatic carbocycles. The molecule has 4 rings (SSSR count). The molecular formula is C15H16O5. The summed E-state index contributed by atoms with van der Waals surface area (Å²) in [6, 6.07) is 0. The van der Waals surface area contributed by atoms with Crippen molar-refractivity contribution >= 4 is 11.9 Å². The zero-order valence-corrected chi connectivity index (χ0v) is 11.5. The number of ether oxygens (including phenoxy) is 3. The van der Waals surface area contributed by atoms with Crippen LogP contribution in [0.5, 0.6) is 0 Å². The Morgan fingerprint density at radius 3 is 2.85 bits per heavy atom. The summed E-state index contributed by atoms with van der Waals surface area (Å²) in [6.45, 7) is 3.77. The monoisotopic (exact) mass is 276 g/mol. The van der Waals surface area contributed by atoms with Gasteiger partial charge in [0.15, 0.2) is 0 Å². The number of epoxide rings is 1. The largest absolute Gasteiger partial charge is 0.454 e. The lowest BCUT2D eigenvalue weighted by Gasteiger charge is -2.20. The second-order valence-electron chi connectivity index (χ2n) is 6.15. The Morgan fingerprint density at radius 1 is 1.25 bits per heavy atom. The molecule has 0 aromatic heterocycles. The zero-order chi connectivity index (χ0) is 14.1. The highest BCUT2D eigenvalue weighted by Crippen LogP contribution is 2.48. The van der Waals surface area contributed by atoms with E-state index in [1.54, 1.807) is 6.92 Å². The second kappa shape index (κ2) is 3.73. The third kappa shape index (κ3) is 1.59. The second-order valence-corrected chi connectivity index (χ2v) is 6.15. The fourth-order valence-electron chi connectivity index (χ4n) is 3.49. The molecule has 3 heterocycles. The van der Waals surface area contributed by atoms with E-state index < -0.39 is 6.10 Å². The predicted octanol–water partition coefficient (Wildman–Crippen LogP) is 1.42. The van der Waals surface area contributed by atoms with Crippen LogP contribution in [0.2, 0.25) is 0 Å². The number of hydrogen-bond donors (Lipinski definition) is 0. The molecule has 4 aliphatic rings. The van der Waals surface area contributed by atoms with Gasteiger partial charge in [-0.3, -0.25) is 0 Å². The van der Waals surface area contributed by atoms with Gasteiger partial charge in [0, 0.05) is 23.1 Å².